The summed E-state index contributed by atoms with van der Waals surface area (Å²) >= 11 is 0. The van der Waals surface area contributed by atoms with Crippen molar-refractivity contribution in [1.29, 1.82) is 0 Å². The Morgan fingerprint density at radius 1 is 1.06 bits per heavy atom. The molecule has 1 aliphatic carbocycles. The third-order valence-electron chi connectivity index (χ3n) is 5.86. The van der Waals surface area contributed by atoms with Gasteiger partial charge >= 0.3 is 5.56 Å². The van der Waals surface area contributed by atoms with Gasteiger partial charge in [0.05, 0.1) is 31.4 Å². The van der Waals surface area contributed by atoms with Gasteiger partial charge < -0.3 is 14.5 Å². The molecule has 1 aromatic carbocycles. The fourth-order valence-corrected chi connectivity index (χ4v) is 4.22. The molecule has 1 saturated heterocycles. The van der Waals surface area contributed by atoms with Gasteiger partial charge in [-0.25, -0.2) is 8.78 Å². The van der Waals surface area contributed by atoms with Crippen molar-refractivity contribution in [1.82, 2.24) is 14.7 Å². The second kappa shape index (κ2) is 9.35. The molecule has 2 atom stereocenters. The van der Waals surface area contributed by atoms with Crippen LogP contribution >= 0.6 is 0 Å². The Morgan fingerprint density at radius 2 is 1.70 bits per heavy atom. The fraction of sp³-hybridized carbons (Fsp3) is 0.524. The van der Waals surface area contributed by atoms with Crippen LogP contribution in [-0.4, -0.2) is 75.8 Å². The van der Waals surface area contributed by atoms with E-state index >= 15 is 0 Å². The summed E-state index contributed by atoms with van der Waals surface area (Å²) in [5.41, 5.74) is -0.148. The van der Waals surface area contributed by atoms with Gasteiger partial charge in [0.15, 0.2) is 0 Å². The maximum atomic E-state index is 13.7. The number of likely N-dealkylation sites (N-methyl/N-ethyl adjacent to an activating group) is 1. The lowest BCUT2D eigenvalue weighted by Crippen LogP contribution is -2.45. The largest absolute Gasteiger partial charge is 0.486 e. The van der Waals surface area contributed by atoms with Crippen LogP contribution in [0.2, 0.25) is 0 Å². The predicted octanol–water partition coefficient (Wildman–Crippen LogP) is 1.25. The molecule has 0 unspecified atom stereocenters. The van der Waals surface area contributed by atoms with E-state index in [1.54, 1.807) is 0 Å². The lowest BCUT2D eigenvalue weighted by Gasteiger charge is -2.34. The summed E-state index contributed by atoms with van der Waals surface area (Å²) < 4.78 is 61.5. The Morgan fingerprint density at radius 3 is 2.33 bits per heavy atom. The molecule has 1 aliphatic heterocycles. The Hall–Kier alpha value is -2.57. The first-order valence-electron chi connectivity index (χ1n) is 10.6. The lowest BCUT2D eigenvalue weighted by molar-refractivity contribution is 0.256. The van der Waals surface area contributed by atoms with Crippen molar-refractivity contribution in [3.63, 3.8) is 0 Å². The van der Waals surface area contributed by atoms with Crippen LogP contribution in [0, 0.1) is 23.5 Å². The van der Waals surface area contributed by atoms with Crippen molar-refractivity contribution >= 4 is 15.8 Å². The molecule has 0 amide bonds. The zero-order valence-corrected chi connectivity index (χ0v) is 19.2. The van der Waals surface area contributed by atoms with Gasteiger partial charge in [-0.3, -0.25) is 8.98 Å². The summed E-state index contributed by atoms with van der Waals surface area (Å²) in [5, 5.41) is 4.15. The van der Waals surface area contributed by atoms with Crippen LogP contribution in [0.5, 0.6) is 5.75 Å². The maximum Gasteiger partial charge on any atom is 0.316 e. The second-order valence-corrected chi connectivity index (χ2v) is 10.2. The molecule has 0 bridgehead atoms. The van der Waals surface area contributed by atoms with E-state index in [0.29, 0.717) is 25.2 Å². The zero-order valence-electron chi connectivity index (χ0n) is 18.4. The molecule has 2 heterocycles. The van der Waals surface area contributed by atoms with E-state index in [0.717, 1.165) is 42.2 Å². The van der Waals surface area contributed by atoms with E-state index in [9.17, 15) is 22.0 Å². The second-order valence-electron chi connectivity index (χ2n) is 8.55. The minimum Gasteiger partial charge on any atom is -0.486 e. The van der Waals surface area contributed by atoms with Crippen molar-refractivity contribution in [3.05, 3.63) is 46.4 Å². The molecular formula is C21H26F2N4O5S. The van der Waals surface area contributed by atoms with E-state index in [4.69, 9.17) is 8.92 Å². The molecule has 9 nitrogen and oxygen atoms in total. The summed E-state index contributed by atoms with van der Waals surface area (Å²) in [6, 6.07) is 2.77. The van der Waals surface area contributed by atoms with Crippen LogP contribution in [0.1, 0.15) is 6.42 Å². The molecule has 2 aliphatic rings. The van der Waals surface area contributed by atoms with Gasteiger partial charge in [-0.1, -0.05) is 0 Å². The quantitative estimate of drug-likeness (QED) is 0.517. The highest BCUT2D eigenvalue weighted by Crippen LogP contribution is 2.39. The average molecular weight is 485 g/mol. The van der Waals surface area contributed by atoms with E-state index in [2.05, 4.69) is 10.00 Å². The monoisotopic (exact) mass is 484 g/mol. The SMILES string of the molecule is CN1CCN(c2cnn(-c3cc(F)cc(F)c3)c(=O)c2OC[C@H]2C[C@@H]2COS(C)(=O)=O)CC1. The number of benzene rings is 1. The van der Waals surface area contributed by atoms with E-state index < -0.39 is 27.3 Å². The normalized spacial score (nSPS) is 21.3. The Kier molecular flexibility index (Phi) is 6.68. The van der Waals surface area contributed by atoms with Gasteiger partial charge in [0.2, 0.25) is 5.75 Å². The number of rotatable bonds is 8. The number of halogens is 2. The average Bonchev–Trinajstić information content (AvgIpc) is 3.49. The number of hydrogen-bond acceptors (Lipinski definition) is 8. The van der Waals surface area contributed by atoms with Crippen molar-refractivity contribution < 1.29 is 26.1 Å². The lowest BCUT2D eigenvalue weighted by atomic mass is 10.2. The third kappa shape index (κ3) is 5.87. The molecule has 12 heteroatoms. The first-order chi connectivity index (χ1) is 15.6. The highest BCUT2D eigenvalue weighted by atomic mass is 32.2. The van der Waals surface area contributed by atoms with Crippen LogP contribution in [0.3, 0.4) is 0 Å². The van der Waals surface area contributed by atoms with Gasteiger partial charge in [-0.15, -0.1) is 0 Å². The number of piperazine rings is 1. The molecule has 0 radical (unpaired) electrons. The van der Waals surface area contributed by atoms with Gasteiger partial charge in [0, 0.05) is 32.2 Å². The maximum absolute atomic E-state index is 13.7. The van der Waals surface area contributed by atoms with Gasteiger partial charge in [-0.2, -0.15) is 18.2 Å². The number of hydrogen-bond donors (Lipinski definition) is 0. The Balaban J connectivity index is 1.59. The summed E-state index contributed by atoms with van der Waals surface area (Å²) in [7, 11) is -1.51. The van der Waals surface area contributed by atoms with E-state index in [1.807, 2.05) is 11.9 Å². The van der Waals surface area contributed by atoms with Gasteiger partial charge in [0.25, 0.3) is 10.1 Å². The van der Waals surface area contributed by atoms with Crippen LogP contribution in [0.4, 0.5) is 14.5 Å². The summed E-state index contributed by atoms with van der Waals surface area (Å²) in [6.45, 7) is 3.19. The number of aromatic nitrogens is 2. The highest BCUT2D eigenvalue weighted by Gasteiger charge is 2.39. The Labute approximate surface area is 190 Å². The highest BCUT2D eigenvalue weighted by molar-refractivity contribution is 7.85. The van der Waals surface area contributed by atoms with Gasteiger partial charge in [-0.05, 0) is 37.4 Å². The van der Waals surface area contributed by atoms with Crippen molar-refractivity contribution in [2.45, 2.75) is 6.42 Å². The minimum absolute atomic E-state index is 0.0215. The predicted molar refractivity (Wildman–Crippen MR) is 117 cm³/mol. The van der Waals surface area contributed by atoms with Crippen LogP contribution < -0.4 is 15.2 Å². The molecule has 4 rings (SSSR count). The Bertz CT molecular complexity index is 1160. The van der Waals surface area contributed by atoms with Crippen LogP contribution in [0.15, 0.2) is 29.2 Å². The molecule has 33 heavy (non-hydrogen) atoms. The topological polar surface area (TPSA) is 94.0 Å². The van der Waals surface area contributed by atoms with Crippen molar-refractivity contribution in [2.24, 2.45) is 11.8 Å². The van der Waals surface area contributed by atoms with E-state index in [-0.39, 0.29) is 36.5 Å². The van der Waals surface area contributed by atoms with Crippen LogP contribution in [-0.2, 0) is 14.3 Å². The first-order valence-corrected chi connectivity index (χ1v) is 12.4. The number of nitrogens with zero attached hydrogens (tertiary/aromatic N) is 4. The standard InChI is InChI=1S/C21H26F2N4O5S/c1-25-3-5-26(6-4-25)19-11-24-27(18-9-16(22)8-17(23)10-18)21(28)20(19)31-12-14-7-15(14)13-32-33(2,29)30/h8-11,14-15H,3-7,12-13H2,1-2H3/t14-,15-/m1/s1. The summed E-state index contributed by atoms with van der Waals surface area (Å²) in [4.78, 5) is 17.4. The minimum atomic E-state index is -3.52. The smallest absolute Gasteiger partial charge is 0.316 e. The van der Waals surface area contributed by atoms with Gasteiger partial charge in [0.1, 0.15) is 17.3 Å². The molecule has 1 saturated carbocycles. The summed E-state index contributed by atoms with van der Waals surface area (Å²) in [6.07, 6.45) is 3.19. The molecule has 2 fully saturated rings. The molecule has 2 aromatic rings. The first kappa shape index (κ1) is 23.6. The molecule has 180 valence electrons. The zero-order chi connectivity index (χ0) is 23.8. The molecule has 0 N–H and O–H groups in total. The summed E-state index contributed by atoms with van der Waals surface area (Å²) in [5.74, 6) is -1.53. The number of ether oxygens (including phenoxy) is 1. The fourth-order valence-electron chi connectivity index (χ4n) is 3.80. The third-order valence-corrected chi connectivity index (χ3v) is 6.42. The molecule has 1 aromatic heterocycles. The van der Waals surface area contributed by atoms with Crippen molar-refractivity contribution in [3.8, 4) is 11.4 Å². The number of anilines is 1. The van der Waals surface area contributed by atoms with Crippen LogP contribution in [0.25, 0.3) is 5.69 Å². The molecule has 0 spiro atoms. The van der Waals surface area contributed by atoms with Crippen molar-refractivity contribution in [2.75, 3.05) is 57.6 Å². The molecular weight excluding hydrogens is 458 g/mol. The van der Waals surface area contributed by atoms with E-state index in [1.165, 1.54) is 6.20 Å².